The van der Waals surface area contributed by atoms with Gasteiger partial charge in [-0.25, -0.2) is 9.59 Å². The van der Waals surface area contributed by atoms with Gasteiger partial charge in [0.15, 0.2) is 17.7 Å². The first-order valence-electron chi connectivity index (χ1n) is 16.2. The average molecular weight is 705 g/mol. The molecule has 2 aromatic rings. The zero-order valence-corrected chi connectivity index (χ0v) is 27.3. The number of hydrogen-bond donors (Lipinski definition) is 2. The molecule has 3 amide bonds. The van der Waals surface area contributed by atoms with Crippen LogP contribution >= 0.6 is 11.6 Å². The normalized spacial score (nSPS) is 23.9. The van der Waals surface area contributed by atoms with Crippen LogP contribution in [-0.4, -0.2) is 102 Å². The van der Waals surface area contributed by atoms with E-state index in [0.717, 1.165) is 63.1 Å². The number of hydrogen-bond acceptors (Lipinski definition) is 10. The number of ether oxygens (including phenoxy) is 2. The summed E-state index contributed by atoms with van der Waals surface area (Å²) in [6.07, 6.45) is -1.76. The quantitative estimate of drug-likeness (QED) is 0.389. The lowest BCUT2D eigenvalue weighted by Crippen LogP contribution is -2.80. The molecule has 6 rings (SSSR count). The van der Waals surface area contributed by atoms with E-state index in [-0.39, 0.29) is 30.3 Å². The number of carbonyl (C=O) groups excluding carboxylic acids is 3. The summed E-state index contributed by atoms with van der Waals surface area (Å²) >= 11 is 6.11. The molecular weight excluding hydrogens is 669 g/mol. The average Bonchev–Trinajstić information content (AvgIpc) is 3.05. The van der Waals surface area contributed by atoms with E-state index >= 15 is 0 Å². The molecule has 1 aromatic carbocycles. The van der Waals surface area contributed by atoms with E-state index in [1.54, 1.807) is 30.3 Å². The van der Waals surface area contributed by atoms with Gasteiger partial charge in [-0.1, -0.05) is 11.6 Å². The van der Waals surface area contributed by atoms with Crippen LogP contribution in [0.1, 0.15) is 54.6 Å². The van der Waals surface area contributed by atoms with Gasteiger partial charge in [0, 0.05) is 51.4 Å². The molecule has 3 N–H and O–H groups in total. The molecule has 1 atom stereocenters. The van der Waals surface area contributed by atoms with Gasteiger partial charge in [-0.3, -0.25) is 9.69 Å². The summed E-state index contributed by atoms with van der Waals surface area (Å²) in [5.74, 6) is -0.980. The molecule has 0 radical (unpaired) electrons. The molecule has 4 fully saturated rings. The molecule has 1 saturated carbocycles. The largest absolute Gasteiger partial charge is 0.491 e. The van der Waals surface area contributed by atoms with Crippen molar-refractivity contribution in [1.82, 2.24) is 25.3 Å². The fraction of sp³-hybridized carbons (Fsp3) is 0.562. The molecule has 3 saturated heterocycles. The molecule has 4 aliphatic rings. The van der Waals surface area contributed by atoms with Crippen molar-refractivity contribution in [3.05, 3.63) is 46.6 Å². The Balaban J connectivity index is 0.908. The Morgan fingerprint density at radius 1 is 1.04 bits per heavy atom. The number of alkyl halides is 3. The van der Waals surface area contributed by atoms with Crippen LogP contribution < -0.4 is 20.7 Å². The van der Waals surface area contributed by atoms with Crippen molar-refractivity contribution >= 4 is 35.3 Å². The van der Waals surface area contributed by atoms with Crippen LogP contribution in [0, 0.1) is 22.7 Å². The van der Waals surface area contributed by atoms with Crippen LogP contribution in [0.15, 0.2) is 30.3 Å². The Labute approximate surface area is 285 Å². The van der Waals surface area contributed by atoms with Gasteiger partial charge in [-0.15, -0.1) is 10.2 Å². The van der Waals surface area contributed by atoms with Crippen molar-refractivity contribution in [3.8, 4) is 11.8 Å². The number of nitriles is 1. The second-order valence-electron chi connectivity index (χ2n) is 13.3. The van der Waals surface area contributed by atoms with E-state index in [2.05, 4.69) is 30.1 Å². The highest BCUT2D eigenvalue weighted by atomic mass is 35.5. The number of halogens is 4. The van der Waals surface area contributed by atoms with Gasteiger partial charge in [0.1, 0.15) is 11.8 Å². The van der Waals surface area contributed by atoms with Crippen LogP contribution in [0.5, 0.6) is 5.75 Å². The van der Waals surface area contributed by atoms with Gasteiger partial charge in [-0.2, -0.15) is 18.4 Å². The summed E-state index contributed by atoms with van der Waals surface area (Å²) in [5.41, 5.74) is 5.16. The highest BCUT2D eigenvalue weighted by Crippen LogP contribution is 2.47. The molecule has 1 unspecified atom stereocenters. The van der Waals surface area contributed by atoms with Crippen LogP contribution in [0.3, 0.4) is 0 Å². The Hall–Kier alpha value is -4.36. The summed E-state index contributed by atoms with van der Waals surface area (Å²) in [7, 11) is 0. The molecule has 0 bridgehead atoms. The predicted molar refractivity (Wildman–Crippen MR) is 168 cm³/mol. The minimum absolute atomic E-state index is 0.00846. The lowest BCUT2D eigenvalue weighted by molar-refractivity contribution is -0.265. The number of benzene rings is 1. The Kier molecular flexibility index (Phi) is 9.76. The molecule has 4 heterocycles. The second-order valence-corrected chi connectivity index (χ2v) is 13.7. The number of nitrogens with one attached hydrogen (secondary N) is 1. The first-order chi connectivity index (χ1) is 23.3. The number of carbonyl (C=O) groups is 3. The molecule has 1 aromatic heterocycles. The fourth-order valence-electron chi connectivity index (χ4n) is 7.26. The fourth-order valence-corrected chi connectivity index (χ4v) is 7.47. The SMILES string of the molecule is N#Cc1ccc(O[C@H]2CC[C@H](NC(=O)c3ccc(N4CCC(CN5CC6(C5)CN(C(N)=O)C6OC(=O)C(F)(F)F)CC4)nn3)CC2)cc1Cl. The number of likely N-dealkylation sites (tertiary alicyclic amines) is 2. The van der Waals surface area contributed by atoms with Crippen molar-refractivity contribution < 1.29 is 37.0 Å². The number of nitrogens with zero attached hydrogens (tertiary/aromatic N) is 6. The monoisotopic (exact) mass is 704 g/mol. The van der Waals surface area contributed by atoms with Crippen molar-refractivity contribution in [2.75, 3.05) is 44.2 Å². The van der Waals surface area contributed by atoms with Crippen molar-refractivity contribution in [1.29, 1.82) is 5.26 Å². The first-order valence-corrected chi connectivity index (χ1v) is 16.5. The van der Waals surface area contributed by atoms with Gasteiger partial charge in [-0.05, 0) is 68.7 Å². The number of esters is 1. The maximum Gasteiger partial charge on any atom is 0.491 e. The minimum Gasteiger partial charge on any atom is -0.490 e. The van der Waals surface area contributed by atoms with Crippen LogP contribution in [0.25, 0.3) is 0 Å². The summed E-state index contributed by atoms with van der Waals surface area (Å²) in [6, 6.07) is 9.56. The zero-order chi connectivity index (χ0) is 34.9. The van der Waals surface area contributed by atoms with Gasteiger partial charge in [0.25, 0.3) is 5.91 Å². The molecule has 17 heteroatoms. The lowest BCUT2D eigenvalue weighted by Gasteiger charge is -2.63. The smallest absolute Gasteiger partial charge is 0.490 e. The Morgan fingerprint density at radius 3 is 2.35 bits per heavy atom. The number of rotatable bonds is 8. The molecule has 1 spiro atoms. The number of urea groups is 1. The van der Waals surface area contributed by atoms with Crippen molar-refractivity contribution in [2.45, 2.75) is 63.1 Å². The molecule has 13 nitrogen and oxygen atoms in total. The van der Waals surface area contributed by atoms with Crippen LogP contribution in [0.2, 0.25) is 5.02 Å². The number of nitrogens with two attached hydrogens (primary N) is 1. The third-order valence-corrected chi connectivity index (χ3v) is 10.1. The molecular formula is C32H36ClF3N8O5. The van der Waals surface area contributed by atoms with E-state index < -0.39 is 29.8 Å². The van der Waals surface area contributed by atoms with Crippen molar-refractivity contribution in [2.24, 2.45) is 17.1 Å². The van der Waals surface area contributed by atoms with Gasteiger partial charge < -0.3 is 30.3 Å². The van der Waals surface area contributed by atoms with E-state index in [1.165, 1.54) is 0 Å². The second kappa shape index (κ2) is 13.9. The summed E-state index contributed by atoms with van der Waals surface area (Å²) < 4.78 is 49.0. The number of primary amides is 1. The zero-order valence-electron chi connectivity index (χ0n) is 26.5. The predicted octanol–water partition coefficient (Wildman–Crippen LogP) is 3.47. The van der Waals surface area contributed by atoms with E-state index in [9.17, 15) is 27.6 Å². The Bertz CT molecular complexity index is 1600. The maximum absolute atomic E-state index is 12.9. The summed E-state index contributed by atoms with van der Waals surface area (Å²) in [5, 5.41) is 20.9. The van der Waals surface area contributed by atoms with Crippen LogP contribution in [0.4, 0.5) is 23.8 Å². The van der Waals surface area contributed by atoms with E-state index in [0.29, 0.717) is 41.2 Å². The number of aromatic nitrogens is 2. The van der Waals surface area contributed by atoms with E-state index in [1.807, 2.05) is 6.07 Å². The first kappa shape index (κ1) is 34.5. The molecule has 262 valence electrons. The molecule has 3 aliphatic heterocycles. The van der Waals surface area contributed by atoms with Gasteiger partial charge in [0.2, 0.25) is 0 Å². The molecule has 1 aliphatic carbocycles. The highest BCUT2D eigenvalue weighted by Gasteiger charge is 2.64. The van der Waals surface area contributed by atoms with Crippen molar-refractivity contribution in [3.63, 3.8) is 0 Å². The summed E-state index contributed by atoms with van der Waals surface area (Å²) in [4.78, 5) is 41.1. The van der Waals surface area contributed by atoms with Gasteiger partial charge >= 0.3 is 18.2 Å². The number of anilines is 1. The maximum atomic E-state index is 12.9. The summed E-state index contributed by atoms with van der Waals surface area (Å²) in [6.45, 7) is 3.15. The van der Waals surface area contributed by atoms with E-state index in [4.69, 9.17) is 27.3 Å². The molecule has 49 heavy (non-hydrogen) atoms. The highest BCUT2D eigenvalue weighted by molar-refractivity contribution is 6.31. The third kappa shape index (κ3) is 7.62. The number of piperidine rings is 1. The number of amides is 3. The standard InChI is InChI=1S/C32H36ClF3N8O5/c33-24-13-23(4-1-20(24)14-37)48-22-5-2-21(3-6-22)39-27(45)25-7-8-26(41-40-25)43-11-9-19(10-12-43)15-42-16-31(17-42)18-44(30(38)47)28(31)49-29(46)32(34,35)36/h1,4,7-8,13,19,21-22,28H,2-3,5-6,9-12,15-18H2,(H2,38,47)(H,39,45)/t21-,22-,28?. The van der Waals surface area contributed by atoms with Crippen LogP contribution in [-0.2, 0) is 9.53 Å². The Morgan fingerprint density at radius 2 is 1.76 bits per heavy atom. The third-order valence-electron chi connectivity index (χ3n) is 9.81. The lowest BCUT2D eigenvalue weighted by atomic mass is 9.70. The van der Waals surface area contributed by atoms with Gasteiger partial charge in [0.05, 0.1) is 22.1 Å². The minimum atomic E-state index is -5.16. The topological polar surface area (TPSA) is 167 Å².